The second kappa shape index (κ2) is 11.8. The Morgan fingerprint density at radius 1 is 1.08 bits per heavy atom. The Kier molecular flexibility index (Phi) is 8.64. The van der Waals surface area contributed by atoms with Gasteiger partial charge in [-0.05, 0) is 58.2 Å². The zero-order valence-electron chi connectivity index (χ0n) is 23.1. The van der Waals surface area contributed by atoms with Crippen LogP contribution in [-0.2, 0) is 11.2 Å². The van der Waals surface area contributed by atoms with Gasteiger partial charge in [0.2, 0.25) is 5.95 Å². The highest BCUT2D eigenvalue weighted by molar-refractivity contribution is 5.85. The molecule has 4 heterocycles. The second-order valence-corrected chi connectivity index (χ2v) is 11.1. The van der Waals surface area contributed by atoms with Gasteiger partial charge in [0.1, 0.15) is 17.1 Å². The lowest BCUT2D eigenvalue weighted by Gasteiger charge is -2.36. The Morgan fingerprint density at radius 2 is 1.79 bits per heavy atom. The maximum Gasteiger partial charge on any atom is 0.410 e. The van der Waals surface area contributed by atoms with Crippen molar-refractivity contribution in [2.24, 2.45) is 0 Å². The van der Waals surface area contributed by atoms with Gasteiger partial charge in [-0.3, -0.25) is 9.36 Å². The summed E-state index contributed by atoms with van der Waals surface area (Å²) >= 11 is 0. The number of piperazine rings is 1. The van der Waals surface area contributed by atoms with Crippen molar-refractivity contribution in [2.45, 2.75) is 71.4 Å². The highest BCUT2D eigenvalue weighted by atomic mass is 35.5. The van der Waals surface area contributed by atoms with Crippen molar-refractivity contribution in [3.63, 3.8) is 0 Å². The van der Waals surface area contributed by atoms with Crippen molar-refractivity contribution in [1.29, 1.82) is 0 Å². The van der Waals surface area contributed by atoms with Crippen LogP contribution >= 0.6 is 12.4 Å². The number of pyridine rings is 2. The number of hydrogen-bond acceptors (Lipinski definition) is 8. The molecule has 1 aliphatic heterocycles. The van der Waals surface area contributed by atoms with Crippen LogP contribution in [-0.4, -0.2) is 62.3 Å². The van der Waals surface area contributed by atoms with Crippen LogP contribution in [0.3, 0.4) is 0 Å². The maximum atomic E-state index is 13.2. The topological polar surface area (TPSA) is 105 Å². The molecule has 1 saturated carbocycles. The molecule has 1 saturated heterocycles. The number of aromatic nitrogens is 4. The molecule has 0 bridgehead atoms. The number of ether oxygens (including phenoxy) is 1. The second-order valence-electron chi connectivity index (χ2n) is 11.1. The molecule has 3 aromatic rings. The van der Waals surface area contributed by atoms with Gasteiger partial charge in [0, 0.05) is 49.4 Å². The molecule has 2 aliphatic rings. The number of anilines is 3. The average molecular weight is 556 g/mol. The smallest absolute Gasteiger partial charge is 0.410 e. The van der Waals surface area contributed by atoms with E-state index in [4.69, 9.17) is 9.72 Å². The van der Waals surface area contributed by atoms with Crippen LogP contribution in [0.5, 0.6) is 0 Å². The first-order valence-corrected chi connectivity index (χ1v) is 13.6. The van der Waals surface area contributed by atoms with Gasteiger partial charge in [0.05, 0.1) is 11.9 Å². The molecule has 0 unspecified atom stereocenters. The van der Waals surface area contributed by atoms with Crippen LogP contribution in [0.25, 0.3) is 11.0 Å². The van der Waals surface area contributed by atoms with E-state index in [1.165, 1.54) is 0 Å². The van der Waals surface area contributed by atoms with E-state index in [2.05, 4.69) is 20.2 Å². The molecule has 0 atom stereocenters. The van der Waals surface area contributed by atoms with Crippen molar-refractivity contribution in [3.05, 3.63) is 46.5 Å². The minimum absolute atomic E-state index is 0. The summed E-state index contributed by atoms with van der Waals surface area (Å²) in [6.45, 7) is 10.3. The summed E-state index contributed by atoms with van der Waals surface area (Å²) in [6, 6.07) is 6.00. The van der Waals surface area contributed by atoms with Gasteiger partial charge in [0.15, 0.2) is 0 Å². The third-order valence-electron chi connectivity index (χ3n) is 7.20. The molecule has 0 spiro atoms. The lowest BCUT2D eigenvalue weighted by atomic mass is 10.1. The number of amides is 1. The first-order chi connectivity index (χ1) is 18.2. The summed E-state index contributed by atoms with van der Waals surface area (Å²) in [6.07, 6.45) is 8.30. The standard InChI is InChI=1S/C28H37N7O3.ClH/c1-5-19-16-20-17-30-26(32-24(20)35(25(19)36)21-8-6-7-9-21)31-23-11-10-22(18-29-23)33-12-14-34(15-13-33)27(37)38-28(2,3)4;/h10-11,16-18,21H,5-9,12-15H2,1-4H3,(H,29,30,31,32);1H. The molecule has 2 fully saturated rings. The van der Waals surface area contributed by atoms with Crippen LogP contribution in [0, 0.1) is 0 Å². The summed E-state index contributed by atoms with van der Waals surface area (Å²) in [7, 11) is 0. The number of aryl methyl sites for hydroxylation is 1. The maximum absolute atomic E-state index is 13.2. The number of rotatable bonds is 5. The van der Waals surface area contributed by atoms with Gasteiger partial charge >= 0.3 is 6.09 Å². The number of carbonyl (C=O) groups is 1. The molecule has 11 heteroatoms. The Balaban J connectivity index is 0.00000353. The Labute approximate surface area is 235 Å². The van der Waals surface area contributed by atoms with E-state index in [0.717, 1.165) is 42.3 Å². The molecule has 3 aromatic heterocycles. The van der Waals surface area contributed by atoms with Gasteiger partial charge in [0.25, 0.3) is 5.56 Å². The molecule has 5 rings (SSSR count). The van der Waals surface area contributed by atoms with E-state index in [1.807, 2.05) is 56.7 Å². The first kappa shape index (κ1) is 28.6. The zero-order chi connectivity index (χ0) is 26.9. The van der Waals surface area contributed by atoms with Crippen LogP contribution in [0.15, 0.2) is 35.4 Å². The number of nitrogens with one attached hydrogen (secondary N) is 1. The predicted molar refractivity (Wildman–Crippen MR) is 155 cm³/mol. The predicted octanol–water partition coefficient (Wildman–Crippen LogP) is 5.09. The lowest BCUT2D eigenvalue weighted by Crippen LogP contribution is -2.50. The molecular weight excluding hydrogens is 518 g/mol. The largest absolute Gasteiger partial charge is 0.444 e. The van der Waals surface area contributed by atoms with E-state index >= 15 is 0 Å². The summed E-state index contributed by atoms with van der Waals surface area (Å²) < 4.78 is 7.38. The SMILES string of the molecule is CCc1cc2cnc(Nc3ccc(N4CCN(C(=O)OC(C)(C)C)CC4)cn3)nc2n(C2CCCC2)c1=O.Cl. The Bertz CT molecular complexity index is 1360. The van der Waals surface area contributed by atoms with Gasteiger partial charge in [-0.2, -0.15) is 4.98 Å². The van der Waals surface area contributed by atoms with Crippen molar-refractivity contribution < 1.29 is 9.53 Å². The monoisotopic (exact) mass is 555 g/mol. The highest BCUT2D eigenvalue weighted by Gasteiger charge is 2.26. The minimum Gasteiger partial charge on any atom is -0.444 e. The molecule has 1 aliphatic carbocycles. The van der Waals surface area contributed by atoms with E-state index in [-0.39, 0.29) is 30.1 Å². The molecular formula is C28H38ClN7O3. The fourth-order valence-electron chi connectivity index (χ4n) is 5.23. The number of nitrogens with zero attached hydrogens (tertiary/aromatic N) is 6. The molecule has 39 heavy (non-hydrogen) atoms. The van der Waals surface area contributed by atoms with Crippen molar-refractivity contribution >= 4 is 47.0 Å². The number of carbonyl (C=O) groups excluding carboxylic acids is 1. The molecule has 0 radical (unpaired) electrons. The van der Waals surface area contributed by atoms with Crippen LogP contribution in [0.4, 0.5) is 22.2 Å². The number of fused-ring (bicyclic) bond motifs is 1. The Hall–Kier alpha value is -3.40. The third-order valence-corrected chi connectivity index (χ3v) is 7.20. The van der Waals surface area contributed by atoms with Gasteiger partial charge in [-0.1, -0.05) is 19.8 Å². The molecule has 210 valence electrons. The lowest BCUT2D eigenvalue weighted by molar-refractivity contribution is 0.0240. The third kappa shape index (κ3) is 6.43. The van der Waals surface area contributed by atoms with Gasteiger partial charge in [-0.25, -0.2) is 14.8 Å². The summed E-state index contributed by atoms with van der Waals surface area (Å²) in [5.74, 6) is 1.04. The zero-order valence-corrected chi connectivity index (χ0v) is 24.0. The fourth-order valence-corrected chi connectivity index (χ4v) is 5.23. The van der Waals surface area contributed by atoms with Crippen molar-refractivity contribution in [3.8, 4) is 0 Å². The summed E-state index contributed by atoms with van der Waals surface area (Å²) in [5.41, 5.74) is 2.03. The Morgan fingerprint density at radius 3 is 2.41 bits per heavy atom. The number of halogens is 1. The van der Waals surface area contributed by atoms with E-state index in [0.29, 0.717) is 50.0 Å². The quantitative estimate of drug-likeness (QED) is 0.464. The average Bonchev–Trinajstić information content (AvgIpc) is 3.42. The van der Waals surface area contributed by atoms with E-state index in [1.54, 1.807) is 11.1 Å². The van der Waals surface area contributed by atoms with E-state index < -0.39 is 5.60 Å². The van der Waals surface area contributed by atoms with Crippen LogP contribution in [0.2, 0.25) is 0 Å². The van der Waals surface area contributed by atoms with Crippen LogP contribution < -0.4 is 15.8 Å². The highest BCUT2D eigenvalue weighted by Crippen LogP contribution is 2.31. The summed E-state index contributed by atoms with van der Waals surface area (Å²) in [5, 5.41) is 4.08. The summed E-state index contributed by atoms with van der Waals surface area (Å²) in [4.78, 5) is 43.3. The minimum atomic E-state index is -0.498. The van der Waals surface area contributed by atoms with E-state index in [9.17, 15) is 9.59 Å². The molecule has 1 N–H and O–H groups in total. The molecule has 0 aromatic carbocycles. The first-order valence-electron chi connectivity index (χ1n) is 13.6. The van der Waals surface area contributed by atoms with Gasteiger partial charge < -0.3 is 19.9 Å². The molecule has 1 amide bonds. The fraction of sp³-hybridized carbons (Fsp3) is 0.536. The van der Waals surface area contributed by atoms with Gasteiger partial charge in [-0.15, -0.1) is 12.4 Å². The van der Waals surface area contributed by atoms with Crippen molar-refractivity contribution in [1.82, 2.24) is 24.4 Å². The molecule has 10 nitrogen and oxygen atoms in total. The normalized spacial score (nSPS) is 16.3. The number of hydrogen-bond donors (Lipinski definition) is 1. The van der Waals surface area contributed by atoms with Crippen LogP contribution in [0.1, 0.15) is 65.0 Å². The van der Waals surface area contributed by atoms with Crippen molar-refractivity contribution in [2.75, 3.05) is 36.4 Å².